The molecule has 0 N–H and O–H groups in total. The highest BCUT2D eigenvalue weighted by Gasteiger charge is 2.33. The van der Waals surface area contributed by atoms with E-state index in [0.717, 1.165) is 39.3 Å². The maximum Gasteiger partial charge on any atom is 0.271 e. The summed E-state index contributed by atoms with van der Waals surface area (Å²) in [5.74, 6) is 1.29. The number of fused-ring (bicyclic) bond motifs is 3. The maximum atomic E-state index is 13.9. The van der Waals surface area contributed by atoms with Crippen LogP contribution in [-0.2, 0) is 13.0 Å². The van der Waals surface area contributed by atoms with Crippen molar-refractivity contribution in [3.8, 4) is 11.5 Å². The minimum atomic E-state index is -0.134. The van der Waals surface area contributed by atoms with Gasteiger partial charge in [-0.15, -0.1) is 11.3 Å². The topological polar surface area (TPSA) is 52.8 Å². The molecule has 0 unspecified atom stereocenters. The standard InChI is InChI=1S/C33H26N2O3S2/c1-37-27-18-22(13-16-26(27)38-20-21-8-3-2-4-9-21)19-29-32(36)35-31(28-12-7-17-39-28)25-15-14-23-10-5-6-11-24(23)30(25)34-33(35)40-29/h2-13,16-19,31H,14-15,20H2,1H3/b29-19+/t31-/m1/s1. The van der Waals surface area contributed by atoms with Crippen molar-refractivity contribution in [2.75, 3.05) is 7.11 Å². The molecule has 7 rings (SSSR count). The molecule has 5 aromatic rings. The Morgan fingerprint density at radius 2 is 1.82 bits per heavy atom. The zero-order valence-electron chi connectivity index (χ0n) is 21.9. The molecule has 2 aliphatic rings. The number of methoxy groups -OCH3 is 1. The van der Waals surface area contributed by atoms with Crippen LogP contribution in [0.25, 0.3) is 11.8 Å². The lowest BCUT2D eigenvalue weighted by atomic mass is 9.85. The third-order valence-electron chi connectivity index (χ3n) is 7.41. The van der Waals surface area contributed by atoms with Gasteiger partial charge < -0.3 is 9.47 Å². The largest absolute Gasteiger partial charge is 0.493 e. The van der Waals surface area contributed by atoms with Crippen molar-refractivity contribution < 1.29 is 9.47 Å². The van der Waals surface area contributed by atoms with Crippen LogP contribution in [0, 0.1) is 0 Å². The molecule has 0 amide bonds. The van der Waals surface area contributed by atoms with Crippen LogP contribution >= 0.6 is 22.7 Å². The summed E-state index contributed by atoms with van der Waals surface area (Å²) in [4.78, 5) is 20.9. The van der Waals surface area contributed by atoms with E-state index in [1.807, 2.05) is 59.2 Å². The van der Waals surface area contributed by atoms with Crippen LogP contribution in [0.5, 0.6) is 11.5 Å². The number of nitrogens with zero attached hydrogens (tertiary/aromatic N) is 2. The van der Waals surface area contributed by atoms with Crippen molar-refractivity contribution in [3.05, 3.63) is 143 Å². The summed E-state index contributed by atoms with van der Waals surface area (Å²) in [5, 5.41) is 2.08. The Labute approximate surface area is 239 Å². The molecule has 0 saturated carbocycles. The molecule has 0 radical (unpaired) electrons. The monoisotopic (exact) mass is 562 g/mol. The average molecular weight is 563 g/mol. The summed E-state index contributed by atoms with van der Waals surface area (Å²) in [6, 6.07) is 28.3. The minimum Gasteiger partial charge on any atom is -0.493 e. The molecule has 198 valence electrons. The first-order chi connectivity index (χ1) is 19.7. The molecule has 40 heavy (non-hydrogen) atoms. The fourth-order valence-electron chi connectivity index (χ4n) is 5.50. The number of aromatic nitrogens is 1. The van der Waals surface area contributed by atoms with Gasteiger partial charge in [-0.3, -0.25) is 9.36 Å². The van der Waals surface area contributed by atoms with Crippen molar-refractivity contribution in [1.82, 2.24) is 4.57 Å². The third kappa shape index (κ3) is 4.41. The van der Waals surface area contributed by atoms with Crippen LogP contribution in [0.1, 0.15) is 39.6 Å². The first-order valence-electron chi connectivity index (χ1n) is 13.2. The highest BCUT2D eigenvalue weighted by Crippen LogP contribution is 2.42. The molecule has 1 aliphatic carbocycles. The van der Waals surface area contributed by atoms with Crippen molar-refractivity contribution in [2.24, 2.45) is 4.99 Å². The van der Waals surface area contributed by atoms with E-state index >= 15 is 0 Å². The number of hydrogen-bond acceptors (Lipinski definition) is 6. The first-order valence-corrected chi connectivity index (χ1v) is 14.9. The fourth-order valence-corrected chi connectivity index (χ4v) is 7.35. The van der Waals surface area contributed by atoms with E-state index in [4.69, 9.17) is 14.5 Å². The number of ether oxygens (including phenoxy) is 2. The Morgan fingerprint density at radius 1 is 0.975 bits per heavy atom. The Bertz CT molecular complexity index is 1920. The van der Waals surface area contributed by atoms with Crippen molar-refractivity contribution in [3.63, 3.8) is 0 Å². The zero-order chi connectivity index (χ0) is 27.1. The summed E-state index contributed by atoms with van der Waals surface area (Å²) in [6.07, 6.45) is 3.77. The number of aryl methyl sites for hydroxylation is 1. The average Bonchev–Trinajstić information content (AvgIpc) is 3.64. The Morgan fingerprint density at radius 3 is 2.65 bits per heavy atom. The van der Waals surface area contributed by atoms with Gasteiger partial charge in [-0.05, 0) is 64.8 Å². The highest BCUT2D eigenvalue weighted by atomic mass is 32.1. The van der Waals surface area contributed by atoms with Gasteiger partial charge in [0.15, 0.2) is 16.3 Å². The predicted molar refractivity (Wildman–Crippen MR) is 161 cm³/mol. The molecular weight excluding hydrogens is 537 g/mol. The fraction of sp³-hybridized carbons (Fsp3) is 0.152. The van der Waals surface area contributed by atoms with Gasteiger partial charge in [0.25, 0.3) is 5.56 Å². The second-order valence-corrected chi connectivity index (χ2v) is 11.8. The molecule has 5 nitrogen and oxygen atoms in total. The van der Waals surface area contributed by atoms with Crippen molar-refractivity contribution >= 4 is 34.4 Å². The van der Waals surface area contributed by atoms with E-state index in [1.54, 1.807) is 18.4 Å². The lowest BCUT2D eigenvalue weighted by Gasteiger charge is -2.30. The number of hydrogen-bond donors (Lipinski definition) is 0. The van der Waals surface area contributed by atoms with Crippen molar-refractivity contribution in [2.45, 2.75) is 25.5 Å². The van der Waals surface area contributed by atoms with E-state index in [2.05, 4.69) is 41.8 Å². The van der Waals surface area contributed by atoms with Crippen LogP contribution in [-0.4, -0.2) is 11.7 Å². The van der Waals surface area contributed by atoms with Gasteiger partial charge >= 0.3 is 0 Å². The van der Waals surface area contributed by atoms with E-state index in [-0.39, 0.29) is 11.6 Å². The number of benzene rings is 3. The van der Waals surface area contributed by atoms with E-state index in [9.17, 15) is 4.79 Å². The second-order valence-electron chi connectivity index (χ2n) is 9.81. The molecular formula is C33H26N2O3S2. The highest BCUT2D eigenvalue weighted by molar-refractivity contribution is 7.10. The van der Waals surface area contributed by atoms with Gasteiger partial charge in [0.05, 0.1) is 23.4 Å². The molecule has 1 atom stereocenters. The molecule has 2 aromatic heterocycles. The maximum absolute atomic E-state index is 13.9. The molecule has 0 spiro atoms. The Kier molecular flexibility index (Phi) is 6.46. The van der Waals surface area contributed by atoms with Crippen LogP contribution < -0.4 is 24.4 Å². The number of thiazole rings is 1. The Hall–Kier alpha value is -4.20. The van der Waals surface area contributed by atoms with Gasteiger partial charge in [0.2, 0.25) is 0 Å². The number of allylic oxidation sites excluding steroid dienone is 1. The SMILES string of the molecule is COc1cc(/C=c2/sc3n(c2=O)[C@@H](c2cccs2)C2=C(N=3)c3ccccc3CC2)ccc1OCc1ccccc1. The molecule has 0 saturated heterocycles. The van der Waals surface area contributed by atoms with Gasteiger partial charge in [-0.1, -0.05) is 78.1 Å². The number of thiophene rings is 1. The molecule has 7 heteroatoms. The lowest BCUT2D eigenvalue weighted by Crippen LogP contribution is -2.38. The summed E-state index contributed by atoms with van der Waals surface area (Å²) in [7, 11) is 1.63. The summed E-state index contributed by atoms with van der Waals surface area (Å²) < 4.78 is 14.2. The van der Waals surface area contributed by atoms with E-state index in [0.29, 0.717) is 22.6 Å². The zero-order valence-corrected chi connectivity index (χ0v) is 23.5. The third-order valence-corrected chi connectivity index (χ3v) is 9.32. The smallest absolute Gasteiger partial charge is 0.271 e. The van der Waals surface area contributed by atoms with Crippen LogP contribution in [0.15, 0.2) is 106 Å². The van der Waals surface area contributed by atoms with E-state index in [1.165, 1.54) is 28.0 Å². The van der Waals surface area contributed by atoms with Crippen molar-refractivity contribution in [1.29, 1.82) is 0 Å². The van der Waals surface area contributed by atoms with Crippen LogP contribution in [0.2, 0.25) is 0 Å². The second kappa shape index (κ2) is 10.4. The first kappa shape index (κ1) is 24.8. The summed E-state index contributed by atoms with van der Waals surface area (Å²) in [5.41, 5.74) is 6.68. The van der Waals surface area contributed by atoms with Gasteiger partial charge in [0.1, 0.15) is 6.61 Å². The predicted octanol–water partition coefficient (Wildman–Crippen LogP) is 5.97. The summed E-state index contributed by atoms with van der Waals surface area (Å²) in [6.45, 7) is 0.450. The molecule has 3 aromatic carbocycles. The van der Waals surface area contributed by atoms with Crippen LogP contribution in [0.3, 0.4) is 0 Å². The lowest BCUT2D eigenvalue weighted by molar-refractivity contribution is 0.284. The molecule has 3 heterocycles. The Balaban J connectivity index is 1.30. The number of rotatable bonds is 6. The summed E-state index contributed by atoms with van der Waals surface area (Å²) >= 11 is 3.13. The van der Waals surface area contributed by atoms with Gasteiger partial charge in [-0.2, -0.15) is 0 Å². The minimum absolute atomic E-state index is 0.0177. The van der Waals surface area contributed by atoms with Crippen LogP contribution in [0.4, 0.5) is 0 Å². The van der Waals surface area contributed by atoms with E-state index < -0.39 is 0 Å². The van der Waals surface area contributed by atoms with Gasteiger partial charge in [-0.25, -0.2) is 4.99 Å². The molecule has 1 aliphatic heterocycles. The normalized spacial score (nSPS) is 16.1. The van der Waals surface area contributed by atoms with Gasteiger partial charge in [0, 0.05) is 10.4 Å². The molecule has 0 fully saturated rings. The molecule has 0 bridgehead atoms. The quantitative estimate of drug-likeness (QED) is 0.256.